The molecule has 4 nitrogen and oxygen atoms in total. The highest BCUT2D eigenvalue weighted by Gasteiger charge is 2.23. The van der Waals surface area contributed by atoms with Crippen LogP contribution in [-0.4, -0.2) is 29.1 Å². The van der Waals surface area contributed by atoms with Gasteiger partial charge < -0.3 is 9.52 Å². The van der Waals surface area contributed by atoms with Crippen LogP contribution in [0.3, 0.4) is 0 Å². The summed E-state index contributed by atoms with van der Waals surface area (Å²) in [6.07, 6.45) is 2.34. The summed E-state index contributed by atoms with van der Waals surface area (Å²) >= 11 is 0. The maximum absolute atomic E-state index is 11.5. The maximum Gasteiger partial charge on any atom is 0.339 e. The predicted molar refractivity (Wildman–Crippen MR) is 76.8 cm³/mol. The van der Waals surface area contributed by atoms with Crippen molar-refractivity contribution >= 4 is 16.9 Å². The Kier molecular flexibility index (Phi) is 3.49. The molecule has 1 saturated heterocycles. The second kappa shape index (κ2) is 5.29. The van der Waals surface area contributed by atoms with Crippen LogP contribution in [0.1, 0.15) is 35.9 Å². The lowest BCUT2D eigenvalue weighted by Gasteiger charge is -2.29. The van der Waals surface area contributed by atoms with Crippen molar-refractivity contribution in [3.05, 3.63) is 35.6 Å². The monoisotopic (exact) mass is 273 g/mol. The van der Waals surface area contributed by atoms with E-state index in [1.165, 1.54) is 12.8 Å². The van der Waals surface area contributed by atoms with Crippen LogP contribution in [0.5, 0.6) is 0 Å². The topological polar surface area (TPSA) is 53.7 Å². The van der Waals surface area contributed by atoms with Gasteiger partial charge in [0, 0.05) is 5.39 Å². The van der Waals surface area contributed by atoms with E-state index < -0.39 is 5.97 Å². The van der Waals surface area contributed by atoms with Crippen molar-refractivity contribution in [2.24, 2.45) is 5.92 Å². The highest BCUT2D eigenvalue weighted by Crippen LogP contribution is 2.28. The van der Waals surface area contributed by atoms with Crippen LogP contribution in [-0.2, 0) is 6.54 Å². The van der Waals surface area contributed by atoms with Gasteiger partial charge in [0.2, 0.25) is 0 Å². The Balaban J connectivity index is 1.90. The van der Waals surface area contributed by atoms with Gasteiger partial charge in [0.1, 0.15) is 16.9 Å². The van der Waals surface area contributed by atoms with Crippen LogP contribution >= 0.6 is 0 Å². The molecule has 0 spiro atoms. The molecule has 0 saturated carbocycles. The number of aromatic carboxylic acids is 1. The minimum absolute atomic E-state index is 0.319. The normalized spacial score (nSPS) is 17.6. The number of fused-ring (bicyclic) bond motifs is 1. The van der Waals surface area contributed by atoms with E-state index in [0.717, 1.165) is 19.0 Å². The number of para-hydroxylation sites is 1. The molecule has 0 amide bonds. The first-order valence-corrected chi connectivity index (χ1v) is 7.11. The molecule has 4 heteroatoms. The van der Waals surface area contributed by atoms with Crippen LogP contribution in [0, 0.1) is 5.92 Å². The van der Waals surface area contributed by atoms with Crippen LogP contribution in [0.2, 0.25) is 0 Å². The molecule has 3 rings (SSSR count). The third-order valence-electron chi connectivity index (χ3n) is 4.13. The van der Waals surface area contributed by atoms with Crippen molar-refractivity contribution in [3.8, 4) is 0 Å². The fourth-order valence-electron chi connectivity index (χ4n) is 2.87. The Bertz CT molecular complexity index is 624. The molecule has 106 valence electrons. The SMILES string of the molecule is CC1CCN(Cc2oc3ccccc3c2C(=O)O)CC1. The van der Waals surface area contributed by atoms with E-state index in [1.54, 1.807) is 0 Å². The Morgan fingerprint density at radius 1 is 1.35 bits per heavy atom. The minimum Gasteiger partial charge on any atom is -0.478 e. The Labute approximate surface area is 118 Å². The number of carbonyl (C=O) groups is 1. The first kappa shape index (κ1) is 13.2. The fourth-order valence-corrected chi connectivity index (χ4v) is 2.87. The number of carboxylic acids is 1. The number of carboxylic acid groups (broad SMARTS) is 1. The highest BCUT2D eigenvalue weighted by atomic mass is 16.4. The van der Waals surface area contributed by atoms with Gasteiger partial charge in [-0.25, -0.2) is 4.79 Å². The van der Waals surface area contributed by atoms with E-state index in [1.807, 2.05) is 24.3 Å². The van der Waals surface area contributed by atoms with E-state index in [2.05, 4.69) is 11.8 Å². The van der Waals surface area contributed by atoms with Crippen molar-refractivity contribution in [2.45, 2.75) is 26.3 Å². The average molecular weight is 273 g/mol. The highest BCUT2D eigenvalue weighted by molar-refractivity contribution is 6.03. The van der Waals surface area contributed by atoms with Gasteiger partial charge in [-0.2, -0.15) is 0 Å². The summed E-state index contributed by atoms with van der Waals surface area (Å²) in [6, 6.07) is 7.34. The van der Waals surface area contributed by atoms with Gasteiger partial charge in [0.15, 0.2) is 0 Å². The zero-order chi connectivity index (χ0) is 14.1. The van der Waals surface area contributed by atoms with Gasteiger partial charge in [-0.3, -0.25) is 4.90 Å². The van der Waals surface area contributed by atoms with Crippen LogP contribution in [0.25, 0.3) is 11.0 Å². The number of hydrogen-bond acceptors (Lipinski definition) is 3. The molecule has 1 fully saturated rings. The first-order chi connectivity index (χ1) is 9.65. The van der Waals surface area contributed by atoms with Crippen molar-refractivity contribution in [2.75, 3.05) is 13.1 Å². The van der Waals surface area contributed by atoms with Crippen LogP contribution in [0.15, 0.2) is 28.7 Å². The van der Waals surface area contributed by atoms with Gasteiger partial charge in [0.05, 0.1) is 6.54 Å². The Morgan fingerprint density at radius 2 is 2.05 bits per heavy atom. The molecular weight excluding hydrogens is 254 g/mol. The zero-order valence-electron chi connectivity index (χ0n) is 11.6. The molecule has 1 aromatic carbocycles. The molecule has 1 N–H and O–H groups in total. The molecule has 2 heterocycles. The lowest BCUT2D eigenvalue weighted by Crippen LogP contribution is -2.32. The Morgan fingerprint density at radius 3 is 2.75 bits per heavy atom. The largest absolute Gasteiger partial charge is 0.478 e. The summed E-state index contributed by atoms with van der Waals surface area (Å²) in [7, 11) is 0. The second-order valence-electron chi connectivity index (χ2n) is 5.66. The molecular formula is C16H19NO3. The number of piperidine rings is 1. The third kappa shape index (κ3) is 2.43. The van der Waals surface area contributed by atoms with Gasteiger partial charge in [-0.15, -0.1) is 0 Å². The van der Waals surface area contributed by atoms with Crippen molar-refractivity contribution in [1.82, 2.24) is 4.90 Å². The molecule has 0 aliphatic carbocycles. The van der Waals surface area contributed by atoms with Gasteiger partial charge in [-0.05, 0) is 37.9 Å². The molecule has 1 aliphatic rings. The van der Waals surface area contributed by atoms with Crippen molar-refractivity contribution in [3.63, 3.8) is 0 Å². The van der Waals surface area contributed by atoms with Crippen LogP contribution < -0.4 is 0 Å². The predicted octanol–water partition coefficient (Wildman–Crippen LogP) is 3.36. The second-order valence-corrected chi connectivity index (χ2v) is 5.66. The molecule has 1 aromatic heterocycles. The van der Waals surface area contributed by atoms with Gasteiger partial charge in [-0.1, -0.05) is 25.1 Å². The number of hydrogen-bond donors (Lipinski definition) is 1. The van der Waals surface area contributed by atoms with E-state index >= 15 is 0 Å². The third-order valence-corrected chi connectivity index (χ3v) is 4.13. The summed E-state index contributed by atoms with van der Waals surface area (Å²) < 4.78 is 5.77. The average Bonchev–Trinajstić information content (AvgIpc) is 2.79. The lowest BCUT2D eigenvalue weighted by molar-refractivity contribution is 0.0693. The molecule has 1 aliphatic heterocycles. The quantitative estimate of drug-likeness (QED) is 0.931. The van der Waals surface area contributed by atoms with Gasteiger partial charge in [0.25, 0.3) is 0 Å². The molecule has 20 heavy (non-hydrogen) atoms. The summed E-state index contributed by atoms with van der Waals surface area (Å²) in [4.78, 5) is 13.8. The molecule has 0 radical (unpaired) electrons. The molecule has 0 unspecified atom stereocenters. The number of nitrogens with zero attached hydrogens (tertiary/aromatic N) is 1. The summed E-state index contributed by atoms with van der Waals surface area (Å²) in [5, 5.41) is 10.1. The molecule has 2 aromatic rings. The molecule has 0 atom stereocenters. The van der Waals surface area contributed by atoms with E-state index in [4.69, 9.17) is 4.42 Å². The van der Waals surface area contributed by atoms with Crippen molar-refractivity contribution < 1.29 is 14.3 Å². The van der Waals surface area contributed by atoms with E-state index in [9.17, 15) is 9.90 Å². The number of rotatable bonds is 3. The lowest BCUT2D eigenvalue weighted by atomic mass is 9.99. The Hall–Kier alpha value is -1.81. The standard InChI is InChI=1S/C16H19NO3/c1-11-6-8-17(9-7-11)10-14-15(16(18)19)12-4-2-3-5-13(12)20-14/h2-5,11H,6-10H2,1H3,(H,18,19). The minimum atomic E-state index is -0.907. The first-order valence-electron chi connectivity index (χ1n) is 7.11. The summed E-state index contributed by atoms with van der Waals surface area (Å²) in [5.41, 5.74) is 0.976. The molecule has 0 bridgehead atoms. The smallest absolute Gasteiger partial charge is 0.339 e. The van der Waals surface area contributed by atoms with Crippen LogP contribution in [0.4, 0.5) is 0 Å². The maximum atomic E-state index is 11.5. The zero-order valence-corrected chi connectivity index (χ0v) is 11.6. The number of benzene rings is 1. The summed E-state index contributed by atoms with van der Waals surface area (Å²) in [6.45, 7) is 4.87. The van der Waals surface area contributed by atoms with E-state index in [0.29, 0.717) is 28.8 Å². The van der Waals surface area contributed by atoms with Gasteiger partial charge >= 0.3 is 5.97 Å². The number of likely N-dealkylation sites (tertiary alicyclic amines) is 1. The summed E-state index contributed by atoms with van der Waals surface area (Å²) in [5.74, 6) is 0.435. The fraction of sp³-hybridized carbons (Fsp3) is 0.438. The van der Waals surface area contributed by atoms with Crippen molar-refractivity contribution in [1.29, 1.82) is 0 Å². The number of furan rings is 1. The van der Waals surface area contributed by atoms with E-state index in [-0.39, 0.29) is 0 Å².